The molecule has 0 aromatic heterocycles. The molecule has 7 N–H and O–H groups in total. The van der Waals surface area contributed by atoms with Crippen LogP contribution in [0.4, 0.5) is 0 Å². The average Bonchev–Trinajstić information content (AvgIpc) is 2.56. The zero-order valence-electron chi connectivity index (χ0n) is 15.7. The van der Waals surface area contributed by atoms with Gasteiger partial charge in [-0.05, 0) is 37.6 Å². The number of hydrogen-bond acceptors (Lipinski definition) is 5. The fraction of sp³-hybridized carbons (Fsp3) is 0.824. The molecule has 0 saturated carbocycles. The highest BCUT2D eigenvalue weighted by Crippen LogP contribution is 2.10. The number of nitrogens with two attached hydrogens (primary N) is 2. The molecule has 0 aliphatic carbocycles. The Balaban J connectivity index is 5.07. The smallest absolute Gasteiger partial charge is 0.326 e. The van der Waals surface area contributed by atoms with Gasteiger partial charge in [-0.2, -0.15) is 0 Å². The van der Waals surface area contributed by atoms with Gasteiger partial charge in [-0.3, -0.25) is 9.59 Å². The van der Waals surface area contributed by atoms with Crippen LogP contribution in [-0.2, 0) is 14.4 Å². The van der Waals surface area contributed by atoms with E-state index in [1.165, 1.54) is 0 Å². The minimum absolute atomic E-state index is 0.0698. The van der Waals surface area contributed by atoms with Crippen LogP contribution in [0.1, 0.15) is 53.4 Å². The Labute approximate surface area is 150 Å². The monoisotopic (exact) mass is 358 g/mol. The number of carbonyl (C=O) groups excluding carboxylic acids is 2. The first-order valence-electron chi connectivity index (χ1n) is 8.94. The van der Waals surface area contributed by atoms with Gasteiger partial charge in [0, 0.05) is 0 Å². The van der Waals surface area contributed by atoms with Gasteiger partial charge in [0.05, 0.1) is 6.04 Å². The zero-order chi connectivity index (χ0) is 19.6. The SMILES string of the molecule is CCC(C)C(NC(=O)C(CCCCN)NC(=O)C(N)C(C)C)C(=O)O. The van der Waals surface area contributed by atoms with Crippen LogP contribution in [0.5, 0.6) is 0 Å². The van der Waals surface area contributed by atoms with Crippen LogP contribution in [0, 0.1) is 11.8 Å². The summed E-state index contributed by atoms with van der Waals surface area (Å²) in [6.45, 7) is 7.73. The maximum atomic E-state index is 12.5. The Morgan fingerprint density at radius 1 is 1.04 bits per heavy atom. The molecular formula is C17H34N4O4. The second-order valence-electron chi connectivity index (χ2n) is 6.83. The molecule has 8 heteroatoms. The van der Waals surface area contributed by atoms with Crippen LogP contribution in [0.25, 0.3) is 0 Å². The van der Waals surface area contributed by atoms with Crippen molar-refractivity contribution < 1.29 is 19.5 Å². The lowest BCUT2D eigenvalue weighted by Crippen LogP contribution is -2.56. The molecule has 4 atom stereocenters. The summed E-state index contributed by atoms with van der Waals surface area (Å²) in [4.78, 5) is 36.1. The van der Waals surface area contributed by atoms with Gasteiger partial charge in [0.2, 0.25) is 11.8 Å². The van der Waals surface area contributed by atoms with E-state index in [9.17, 15) is 19.5 Å². The molecule has 0 aliphatic heterocycles. The fourth-order valence-corrected chi connectivity index (χ4v) is 2.27. The Kier molecular flexibility index (Phi) is 11.0. The number of hydrogen-bond donors (Lipinski definition) is 5. The van der Waals surface area contributed by atoms with E-state index in [4.69, 9.17) is 11.5 Å². The highest BCUT2D eigenvalue weighted by Gasteiger charge is 2.30. The summed E-state index contributed by atoms with van der Waals surface area (Å²) in [5, 5.41) is 14.5. The van der Waals surface area contributed by atoms with E-state index in [-0.39, 0.29) is 11.8 Å². The Morgan fingerprint density at radius 2 is 1.64 bits per heavy atom. The highest BCUT2D eigenvalue weighted by atomic mass is 16.4. The molecule has 0 heterocycles. The van der Waals surface area contributed by atoms with Crippen LogP contribution in [-0.4, -0.2) is 47.6 Å². The van der Waals surface area contributed by atoms with Crippen LogP contribution in [0.2, 0.25) is 0 Å². The molecule has 0 rings (SSSR count). The Morgan fingerprint density at radius 3 is 2.08 bits per heavy atom. The van der Waals surface area contributed by atoms with Gasteiger partial charge in [-0.1, -0.05) is 34.1 Å². The number of amides is 2. The van der Waals surface area contributed by atoms with Crippen molar-refractivity contribution in [2.24, 2.45) is 23.3 Å². The number of nitrogens with one attached hydrogen (secondary N) is 2. The van der Waals surface area contributed by atoms with E-state index in [1.807, 2.05) is 20.8 Å². The van der Waals surface area contributed by atoms with Crippen molar-refractivity contribution in [3.05, 3.63) is 0 Å². The molecule has 25 heavy (non-hydrogen) atoms. The summed E-state index contributed by atoms with van der Waals surface area (Å²) in [6, 6.07) is -2.55. The number of unbranched alkanes of at least 4 members (excludes halogenated alkanes) is 1. The minimum atomic E-state index is -1.09. The number of aliphatic carboxylic acids is 1. The van der Waals surface area contributed by atoms with Crippen molar-refractivity contribution in [3.8, 4) is 0 Å². The van der Waals surface area contributed by atoms with Crippen molar-refractivity contribution in [3.63, 3.8) is 0 Å². The lowest BCUT2D eigenvalue weighted by atomic mass is 9.98. The second-order valence-corrected chi connectivity index (χ2v) is 6.83. The number of carbonyl (C=O) groups is 3. The summed E-state index contributed by atoms with van der Waals surface area (Å²) in [6.07, 6.45) is 2.35. The van der Waals surface area contributed by atoms with Crippen molar-refractivity contribution in [2.45, 2.75) is 71.5 Å². The summed E-state index contributed by atoms with van der Waals surface area (Å²) in [5.74, 6) is -2.31. The molecule has 0 fully saturated rings. The van der Waals surface area contributed by atoms with E-state index >= 15 is 0 Å². The lowest BCUT2D eigenvalue weighted by molar-refractivity contribution is -0.143. The van der Waals surface area contributed by atoms with E-state index in [2.05, 4.69) is 10.6 Å². The molecule has 0 bridgehead atoms. The third-order valence-electron chi connectivity index (χ3n) is 4.38. The molecule has 0 saturated heterocycles. The Hall–Kier alpha value is -1.67. The largest absolute Gasteiger partial charge is 0.480 e. The summed E-state index contributed by atoms with van der Waals surface area (Å²) >= 11 is 0. The van der Waals surface area contributed by atoms with Crippen LogP contribution >= 0.6 is 0 Å². The van der Waals surface area contributed by atoms with Gasteiger partial charge in [0.1, 0.15) is 12.1 Å². The molecule has 0 radical (unpaired) electrons. The molecule has 2 amide bonds. The van der Waals surface area contributed by atoms with Gasteiger partial charge in [-0.25, -0.2) is 4.79 Å². The number of carboxylic acids is 1. The van der Waals surface area contributed by atoms with Crippen molar-refractivity contribution in [1.29, 1.82) is 0 Å². The van der Waals surface area contributed by atoms with E-state index < -0.39 is 35.9 Å². The number of carboxylic acid groups (broad SMARTS) is 1. The van der Waals surface area contributed by atoms with Crippen LogP contribution < -0.4 is 22.1 Å². The van der Waals surface area contributed by atoms with Gasteiger partial charge in [0.25, 0.3) is 0 Å². The summed E-state index contributed by atoms with van der Waals surface area (Å²) < 4.78 is 0. The third kappa shape index (κ3) is 8.31. The molecule has 8 nitrogen and oxygen atoms in total. The number of rotatable bonds is 12. The highest BCUT2D eigenvalue weighted by molar-refractivity contribution is 5.91. The van der Waals surface area contributed by atoms with Crippen LogP contribution in [0.3, 0.4) is 0 Å². The molecular weight excluding hydrogens is 324 g/mol. The first-order chi connectivity index (χ1) is 11.6. The average molecular weight is 358 g/mol. The Bertz CT molecular complexity index is 442. The summed E-state index contributed by atoms with van der Waals surface area (Å²) in [5.41, 5.74) is 11.3. The van der Waals surface area contributed by atoms with E-state index in [0.717, 1.165) is 0 Å². The predicted molar refractivity (Wildman–Crippen MR) is 96.7 cm³/mol. The zero-order valence-corrected chi connectivity index (χ0v) is 15.7. The quantitative estimate of drug-likeness (QED) is 0.315. The predicted octanol–water partition coefficient (Wildman–Crippen LogP) is 0.199. The maximum Gasteiger partial charge on any atom is 0.326 e. The summed E-state index contributed by atoms with van der Waals surface area (Å²) in [7, 11) is 0. The van der Waals surface area contributed by atoms with E-state index in [1.54, 1.807) is 6.92 Å². The second kappa shape index (κ2) is 11.8. The molecule has 146 valence electrons. The molecule has 0 aromatic carbocycles. The topological polar surface area (TPSA) is 148 Å². The van der Waals surface area contributed by atoms with Crippen molar-refractivity contribution >= 4 is 17.8 Å². The first kappa shape index (κ1) is 23.3. The van der Waals surface area contributed by atoms with E-state index in [0.29, 0.717) is 32.2 Å². The van der Waals surface area contributed by atoms with Gasteiger partial charge in [-0.15, -0.1) is 0 Å². The molecule has 0 aliphatic rings. The first-order valence-corrected chi connectivity index (χ1v) is 8.94. The van der Waals surface area contributed by atoms with Crippen molar-refractivity contribution in [2.75, 3.05) is 6.54 Å². The third-order valence-corrected chi connectivity index (χ3v) is 4.38. The normalized spacial score (nSPS) is 16.0. The van der Waals surface area contributed by atoms with Gasteiger partial charge < -0.3 is 27.2 Å². The minimum Gasteiger partial charge on any atom is -0.480 e. The lowest BCUT2D eigenvalue weighted by Gasteiger charge is -2.25. The standard InChI is InChI=1S/C17H34N4O4/c1-5-11(4)14(17(24)25)21-15(22)12(8-6-7-9-18)20-16(23)13(19)10(2)3/h10-14H,5-9,18-19H2,1-4H3,(H,20,23)(H,21,22)(H,24,25). The van der Waals surface area contributed by atoms with Gasteiger partial charge >= 0.3 is 5.97 Å². The fourth-order valence-electron chi connectivity index (χ4n) is 2.27. The molecule has 0 aromatic rings. The molecule has 0 spiro atoms. The maximum absolute atomic E-state index is 12.5. The van der Waals surface area contributed by atoms with Crippen molar-refractivity contribution in [1.82, 2.24) is 10.6 Å². The van der Waals surface area contributed by atoms with Crippen LogP contribution in [0.15, 0.2) is 0 Å². The van der Waals surface area contributed by atoms with Gasteiger partial charge in [0.15, 0.2) is 0 Å². The molecule has 4 unspecified atom stereocenters.